The maximum absolute atomic E-state index is 7.24. The van der Waals surface area contributed by atoms with E-state index in [-0.39, 0.29) is 0 Å². The molecule has 3 heteroatoms. The van der Waals surface area contributed by atoms with E-state index in [2.05, 4.69) is 10.3 Å². The van der Waals surface area contributed by atoms with Crippen LogP contribution in [0.25, 0.3) is 0 Å². The second-order valence-electron chi connectivity index (χ2n) is 1.78. The number of nitrogens with zero attached hydrogens (tertiary/aromatic N) is 1. The molecule has 0 saturated carbocycles. The Kier molecular flexibility index (Phi) is 5.01. The highest BCUT2D eigenvalue weighted by Gasteiger charge is 1.88. The van der Waals surface area contributed by atoms with Crippen molar-refractivity contribution in [2.75, 3.05) is 20.6 Å². The van der Waals surface area contributed by atoms with E-state index in [0.29, 0.717) is 18.7 Å². The molecule has 0 bridgehead atoms. The molecule has 0 aromatic rings. The molecule has 9 heavy (non-hydrogen) atoms. The first kappa shape index (κ1) is 8.30. The van der Waals surface area contributed by atoms with E-state index >= 15 is 0 Å². The van der Waals surface area contributed by atoms with E-state index in [1.54, 1.807) is 13.3 Å². The maximum atomic E-state index is 7.24. The first-order chi connectivity index (χ1) is 4.31. The van der Waals surface area contributed by atoms with Gasteiger partial charge in [-0.05, 0) is 7.05 Å². The van der Waals surface area contributed by atoms with Crippen LogP contribution in [0, 0.1) is 5.41 Å². The maximum Gasteiger partial charge on any atom is 0.0333 e. The molecule has 0 aromatic carbocycles. The zero-order valence-electron chi connectivity index (χ0n) is 5.94. The quantitative estimate of drug-likeness (QED) is 0.525. The Morgan fingerprint density at radius 2 is 2.44 bits per heavy atom. The summed E-state index contributed by atoms with van der Waals surface area (Å²) in [4.78, 5) is 3.76. The molecule has 0 fully saturated rings. The summed E-state index contributed by atoms with van der Waals surface area (Å²) in [7, 11) is 3.55. The Morgan fingerprint density at radius 1 is 1.78 bits per heavy atom. The van der Waals surface area contributed by atoms with E-state index in [1.165, 1.54) is 0 Å². The van der Waals surface area contributed by atoms with Crippen molar-refractivity contribution in [1.82, 2.24) is 5.32 Å². The molecule has 0 radical (unpaired) electrons. The topological polar surface area (TPSA) is 48.2 Å². The fraction of sp³-hybridized carbons (Fsp3) is 0.667. The lowest BCUT2D eigenvalue weighted by Crippen LogP contribution is -2.17. The van der Waals surface area contributed by atoms with Gasteiger partial charge in [0.25, 0.3) is 0 Å². The van der Waals surface area contributed by atoms with Crippen molar-refractivity contribution in [1.29, 1.82) is 5.41 Å². The van der Waals surface area contributed by atoms with E-state index in [9.17, 15) is 0 Å². The molecule has 0 aliphatic heterocycles. The number of hydrogen-bond donors (Lipinski definition) is 2. The lowest BCUT2D eigenvalue weighted by Gasteiger charge is -1.95. The molecule has 0 atom stereocenters. The van der Waals surface area contributed by atoms with Crippen LogP contribution >= 0.6 is 0 Å². The summed E-state index contributed by atoms with van der Waals surface area (Å²) >= 11 is 0. The van der Waals surface area contributed by atoms with Gasteiger partial charge in [0.2, 0.25) is 0 Å². The predicted octanol–water partition coefficient (Wildman–Crippen LogP) is 0.316. The third kappa shape index (κ3) is 5.17. The van der Waals surface area contributed by atoms with Gasteiger partial charge in [-0.2, -0.15) is 0 Å². The summed E-state index contributed by atoms with van der Waals surface area (Å²) in [6, 6.07) is 0. The molecule has 0 heterocycles. The molecular formula is C6H13N3. The Hall–Kier alpha value is -0.700. The average molecular weight is 127 g/mol. The number of hydrogen-bond acceptors (Lipinski definition) is 3. The molecule has 0 aliphatic carbocycles. The predicted molar refractivity (Wildman–Crippen MR) is 40.7 cm³/mol. The summed E-state index contributed by atoms with van der Waals surface area (Å²) in [6.07, 6.45) is 2.40. The van der Waals surface area contributed by atoms with Crippen molar-refractivity contribution in [3.05, 3.63) is 0 Å². The first-order valence-corrected chi connectivity index (χ1v) is 2.92. The van der Waals surface area contributed by atoms with Crippen molar-refractivity contribution < 1.29 is 0 Å². The van der Waals surface area contributed by atoms with Crippen molar-refractivity contribution >= 4 is 11.9 Å². The minimum absolute atomic E-state index is 0.659. The Morgan fingerprint density at radius 3 is 2.89 bits per heavy atom. The second-order valence-corrected chi connectivity index (χ2v) is 1.78. The molecule has 0 unspecified atom stereocenters. The Bertz CT molecular complexity index is 107. The number of aliphatic imine (C=N–C) groups is 1. The lowest BCUT2D eigenvalue weighted by atomic mass is 10.3. The van der Waals surface area contributed by atoms with Gasteiger partial charge in [0, 0.05) is 31.9 Å². The third-order valence-electron chi connectivity index (χ3n) is 0.910. The number of rotatable bonds is 4. The van der Waals surface area contributed by atoms with Gasteiger partial charge >= 0.3 is 0 Å². The van der Waals surface area contributed by atoms with Crippen LogP contribution in [0.1, 0.15) is 6.42 Å². The monoisotopic (exact) mass is 127 g/mol. The zero-order chi connectivity index (χ0) is 7.11. The van der Waals surface area contributed by atoms with Crippen LogP contribution in [0.5, 0.6) is 0 Å². The van der Waals surface area contributed by atoms with Crippen LogP contribution in [0.3, 0.4) is 0 Å². The number of nitrogens with one attached hydrogen (secondary N) is 2. The van der Waals surface area contributed by atoms with E-state index < -0.39 is 0 Å². The van der Waals surface area contributed by atoms with Crippen molar-refractivity contribution in [3.8, 4) is 0 Å². The molecule has 0 spiro atoms. The van der Waals surface area contributed by atoms with Crippen molar-refractivity contribution in [2.24, 2.45) is 4.99 Å². The molecule has 0 aromatic heterocycles. The minimum Gasteiger partial charge on any atom is -0.315 e. The Labute approximate surface area is 55.7 Å². The highest BCUT2D eigenvalue weighted by Crippen LogP contribution is 1.76. The smallest absolute Gasteiger partial charge is 0.0333 e. The molecule has 52 valence electrons. The summed E-state index contributed by atoms with van der Waals surface area (Å²) < 4.78 is 0. The zero-order valence-corrected chi connectivity index (χ0v) is 5.94. The van der Waals surface area contributed by atoms with Crippen molar-refractivity contribution in [3.63, 3.8) is 0 Å². The standard InChI is InChI=1S/C6H13N3/c1-8-4-3-6(7)5-9-2/h4,7,9H,3,5H2,1-2H3. The molecule has 0 saturated heterocycles. The van der Waals surface area contributed by atoms with Crippen LogP contribution in [0.4, 0.5) is 0 Å². The summed E-state index contributed by atoms with van der Waals surface area (Å²) in [6.45, 7) is 0.659. The van der Waals surface area contributed by atoms with Crippen LogP contribution in [0.2, 0.25) is 0 Å². The lowest BCUT2D eigenvalue weighted by molar-refractivity contribution is 0.934. The molecule has 0 aliphatic rings. The summed E-state index contributed by atoms with van der Waals surface area (Å²) in [5.74, 6) is 0. The molecule has 2 N–H and O–H groups in total. The van der Waals surface area contributed by atoms with Gasteiger partial charge in [0.05, 0.1) is 0 Å². The Balaban J connectivity index is 3.27. The fourth-order valence-electron chi connectivity index (χ4n) is 0.487. The van der Waals surface area contributed by atoms with E-state index in [4.69, 9.17) is 5.41 Å². The SMILES string of the molecule is CN=CCC(=N)CNC. The highest BCUT2D eigenvalue weighted by molar-refractivity contribution is 5.94. The van der Waals surface area contributed by atoms with Gasteiger partial charge in [-0.15, -0.1) is 0 Å². The largest absolute Gasteiger partial charge is 0.315 e. The van der Waals surface area contributed by atoms with Crippen LogP contribution in [0.15, 0.2) is 4.99 Å². The summed E-state index contributed by atoms with van der Waals surface area (Å²) in [5, 5.41) is 10.1. The van der Waals surface area contributed by atoms with Crippen LogP contribution < -0.4 is 5.32 Å². The molecule has 0 amide bonds. The normalized spacial score (nSPS) is 10.4. The van der Waals surface area contributed by atoms with Crippen LogP contribution in [-0.4, -0.2) is 32.6 Å². The molecule has 0 rings (SSSR count). The van der Waals surface area contributed by atoms with Gasteiger partial charge in [0.1, 0.15) is 0 Å². The third-order valence-corrected chi connectivity index (χ3v) is 0.910. The van der Waals surface area contributed by atoms with E-state index in [0.717, 1.165) is 0 Å². The van der Waals surface area contributed by atoms with Gasteiger partial charge in [-0.25, -0.2) is 0 Å². The first-order valence-electron chi connectivity index (χ1n) is 2.92. The second kappa shape index (κ2) is 5.44. The van der Waals surface area contributed by atoms with Gasteiger partial charge < -0.3 is 15.7 Å². The van der Waals surface area contributed by atoms with Crippen molar-refractivity contribution in [2.45, 2.75) is 6.42 Å². The van der Waals surface area contributed by atoms with Gasteiger partial charge in [0.15, 0.2) is 0 Å². The van der Waals surface area contributed by atoms with Crippen LogP contribution in [-0.2, 0) is 0 Å². The average Bonchev–Trinajstić information content (AvgIpc) is 1.85. The van der Waals surface area contributed by atoms with Gasteiger partial charge in [-0.3, -0.25) is 0 Å². The van der Waals surface area contributed by atoms with Gasteiger partial charge in [-0.1, -0.05) is 0 Å². The molecule has 3 nitrogen and oxygen atoms in total. The fourth-order valence-corrected chi connectivity index (χ4v) is 0.487. The molecular weight excluding hydrogens is 114 g/mol. The summed E-state index contributed by atoms with van der Waals surface area (Å²) in [5.41, 5.74) is 0.670. The minimum atomic E-state index is 0.659. The highest BCUT2D eigenvalue weighted by atomic mass is 14.8. The van der Waals surface area contributed by atoms with E-state index in [1.807, 2.05) is 7.05 Å².